The zero-order valence-electron chi connectivity index (χ0n) is 10.6. The van der Waals surface area contributed by atoms with E-state index >= 15 is 0 Å². The second kappa shape index (κ2) is 4.82. The SMILES string of the molecule is Cc1ccc(C(N)Cc2nc3c(s2)CCC3)cc1. The Morgan fingerprint density at radius 2 is 2.06 bits per heavy atom. The van der Waals surface area contributed by atoms with Crippen LogP contribution in [-0.2, 0) is 19.3 Å². The molecule has 1 heterocycles. The molecule has 0 saturated carbocycles. The van der Waals surface area contributed by atoms with Crippen molar-refractivity contribution in [2.75, 3.05) is 0 Å². The van der Waals surface area contributed by atoms with E-state index in [9.17, 15) is 0 Å². The molecule has 0 spiro atoms. The first-order valence-corrected chi connectivity index (χ1v) is 7.33. The van der Waals surface area contributed by atoms with Crippen LogP contribution >= 0.6 is 11.3 Å². The van der Waals surface area contributed by atoms with Crippen molar-refractivity contribution in [1.29, 1.82) is 0 Å². The predicted molar refractivity (Wildman–Crippen MR) is 76.0 cm³/mol. The fourth-order valence-corrected chi connectivity index (χ4v) is 3.67. The third kappa shape index (κ3) is 2.33. The highest BCUT2D eigenvalue weighted by Crippen LogP contribution is 2.29. The minimum Gasteiger partial charge on any atom is -0.324 e. The number of nitrogens with two attached hydrogens (primary N) is 1. The Balaban J connectivity index is 1.73. The van der Waals surface area contributed by atoms with Gasteiger partial charge < -0.3 is 5.73 Å². The molecule has 94 valence electrons. The number of thiazole rings is 1. The molecule has 0 bridgehead atoms. The van der Waals surface area contributed by atoms with E-state index in [-0.39, 0.29) is 6.04 Å². The number of fused-ring (bicyclic) bond motifs is 1. The second-order valence-electron chi connectivity index (χ2n) is 5.05. The average molecular weight is 258 g/mol. The van der Waals surface area contributed by atoms with Crippen molar-refractivity contribution in [3.8, 4) is 0 Å². The van der Waals surface area contributed by atoms with Crippen molar-refractivity contribution in [2.45, 2.75) is 38.6 Å². The van der Waals surface area contributed by atoms with E-state index in [1.165, 1.54) is 39.5 Å². The first-order chi connectivity index (χ1) is 8.72. The van der Waals surface area contributed by atoms with Crippen LogP contribution in [0.5, 0.6) is 0 Å². The Bertz CT molecular complexity index is 521. The molecule has 18 heavy (non-hydrogen) atoms. The maximum atomic E-state index is 6.26. The Morgan fingerprint density at radius 1 is 1.28 bits per heavy atom. The zero-order chi connectivity index (χ0) is 12.5. The van der Waals surface area contributed by atoms with Crippen molar-refractivity contribution in [3.63, 3.8) is 0 Å². The lowest BCUT2D eigenvalue weighted by molar-refractivity contribution is 0.714. The fourth-order valence-electron chi connectivity index (χ4n) is 2.45. The largest absolute Gasteiger partial charge is 0.324 e. The van der Waals surface area contributed by atoms with Crippen molar-refractivity contribution < 1.29 is 0 Å². The molecule has 0 amide bonds. The summed E-state index contributed by atoms with van der Waals surface area (Å²) in [5, 5.41) is 1.20. The minimum atomic E-state index is 0.0666. The highest BCUT2D eigenvalue weighted by molar-refractivity contribution is 7.11. The third-order valence-corrected chi connectivity index (χ3v) is 4.72. The summed E-state index contributed by atoms with van der Waals surface area (Å²) >= 11 is 1.86. The van der Waals surface area contributed by atoms with Crippen molar-refractivity contribution in [3.05, 3.63) is 51.0 Å². The van der Waals surface area contributed by atoms with Gasteiger partial charge in [0, 0.05) is 17.3 Å². The van der Waals surface area contributed by atoms with Crippen LogP contribution in [0.4, 0.5) is 0 Å². The zero-order valence-corrected chi connectivity index (χ0v) is 11.5. The fraction of sp³-hybridized carbons (Fsp3) is 0.400. The third-order valence-electron chi connectivity index (χ3n) is 3.54. The Kier molecular flexibility index (Phi) is 3.18. The van der Waals surface area contributed by atoms with Gasteiger partial charge in [0.05, 0.1) is 10.7 Å². The highest BCUT2D eigenvalue weighted by Gasteiger charge is 2.18. The molecule has 3 rings (SSSR count). The predicted octanol–water partition coefficient (Wildman–Crippen LogP) is 3.18. The number of rotatable bonds is 3. The molecular weight excluding hydrogens is 240 g/mol. The van der Waals surface area contributed by atoms with E-state index in [0.29, 0.717) is 0 Å². The number of hydrogen-bond donors (Lipinski definition) is 1. The molecule has 2 aromatic rings. The van der Waals surface area contributed by atoms with E-state index in [4.69, 9.17) is 10.7 Å². The van der Waals surface area contributed by atoms with Crippen LogP contribution in [0.25, 0.3) is 0 Å². The summed E-state index contributed by atoms with van der Waals surface area (Å²) < 4.78 is 0. The monoisotopic (exact) mass is 258 g/mol. The minimum absolute atomic E-state index is 0.0666. The molecule has 1 atom stereocenters. The van der Waals surface area contributed by atoms with Crippen molar-refractivity contribution in [2.24, 2.45) is 5.73 Å². The molecule has 0 aliphatic heterocycles. The van der Waals surface area contributed by atoms with Gasteiger partial charge in [-0.2, -0.15) is 0 Å². The molecule has 1 unspecified atom stereocenters. The van der Waals surface area contributed by atoms with Gasteiger partial charge in [-0.3, -0.25) is 0 Å². The van der Waals surface area contributed by atoms with Crippen LogP contribution in [0, 0.1) is 6.92 Å². The van der Waals surface area contributed by atoms with Crippen LogP contribution in [0.1, 0.15) is 39.2 Å². The van der Waals surface area contributed by atoms with Gasteiger partial charge in [0.2, 0.25) is 0 Å². The second-order valence-corrected chi connectivity index (χ2v) is 6.22. The van der Waals surface area contributed by atoms with Crippen LogP contribution in [-0.4, -0.2) is 4.98 Å². The number of nitrogens with zero attached hydrogens (tertiary/aromatic N) is 1. The van der Waals surface area contributed by atoms with Crippen molar-refractivity contribution in [1.82, 2.24) is 4.98 Å². The molecule has 1 aromatic heterocycles. The standard InChI is InChI=1S/C15H18N2S/c1-10-5-7-11(8-6-10)12(16)9-15-17-13-3-2-4-14(13)18-15/h5-8,12H,2-4,9,16H2,1H3. The van der Waals surface area contributed by atoms with Gasteiger partial charge in [-0.1, -0.05) is 29.8 Å². The van der Waals surface area contributed by atoms with Gasteiger partial charge in [-0.05, 0) is 31.7 Å². The van der Waals surface area contributed by atoms with Gasteiger partial charge in [-0.25, -0.2) is 4.98 Å². The lowest BCUT2D eigenvalue weighted by Gasteiger charge is -2.10. The Hall–Kier alpha value is -1.19. The van der Waals surface area contributed by atoms with Crippen molar-refractivity contribution >= 4 is 11.3 Å². The highest BCUT2D eigenvalue weighted by atomic mass is 32.1. The van der Waals surface area contributed by atoms with Gasteiger partial charge >= 0.3 is 0 Å². The maximum Gasteiger partial charge on any atom is 0.0950 e. The Morgan fingerprint density at radius 3 is 2.78 bits per heavy atom. The van der Waals surface area contributed by atoms with Gasteiger partial charge in [0.1, 0.15) is 0 Å². The number of aromatic nitrogens is 1. The normalized spacial score (nSPS) is 15.7. The average Bonchev–Trinajstić information content (AvgIpc) is 2.90. The van der Waals surface area contributed by atoms with E-state index in [0.717, 1.165) is 12.8 Å². The number of benzene rings is 1. The first-order valence-electron chi connectivity index (χ1n) is 6.52. The number of aryl methyl sites for hydroxylation is 3. The van der Waals surface area contributed by atoms with Crippen LogP contribution in [0.2, 0.25) is 0 Å². The lowest BCUT2D eigenvalue weighted by Crippen LogP contribution is -2.13. The van der Waals surface area contributed by atoms with Crippen LogP contribution in [0.15, 0.2) is 24.3 Å². The molecule has 0 radical (unpaired) electrons. The lowest BCUT2D eigenvalue weighted by atomic mass is 10.0. The van der Waals surface area contributed by atoms with Gasteiger partial charge in [0.15, 0.2) is 0 Å². The van der Waals surface area contributed by atoms with E-state index in [1.54, 1.807) is 0 Å². The molecule has 2 nitrogen and oxygen atoms in total. The quantitative estimate of drug-likeness (QED) is 0.918. The van der Waals surface area contributed by atoms with Gasteiger partial charge in [-0.15, -0.1) is 11.3 Å². The summed E-state index contributed by atoms with van der Waals surface area (Å²) in [5.74, 6) is 0. The topological polar surface area (TPSA) is 38.9 Å². The smallest absolute Gasteiger partial charge is 0.0950 e. The number of hydrogen-bond acceptors (Lipinski definition) is 3. The summed E-state index contributed by atoms with van der Waals surface area (Å²) in [7, 11) is 0. The van der Waals surface area contributed by atoms with E-state index in [1.807, 2.05) is 11.3 Å². The van der Waals surface area contributed by atoms with E-state index in [2.05, 4.69) is 31.2 Å². The summed E-state index contributed by atoms with van der Waals surface area (Å²) in [6, 6.07) is 8.56. The van der Waals surface area contributed by atoms with Crippen LogP contribution < -0.4 is 5.73 Å². The maximum absolute atomic E-state index is 6.26. The molecule has 1 aliphatic carbocycles. The summed E-state index contributed by atoms with van der Waals surface area (Å²) in [4.78, 5) is 6.20. The first kappa shape index (κ1) is 11.9. The molecule has 1 aliphatic rings. The molecule has 0 saturated heterocycles. The summed E-state index contributed by atoms with van der Waals surface area (Å²) in [6.07, 6.45) is 4.51. The molecule has 0 fully saturated rings. The summed E-state index contributed by atoms with van der Waals surface area (Å²) in [5.41, 5.74) is 10.1. The van der Waals surface area contributed by atoms with Crippen LogP contribution in [0.3, 0.4) is 0 Å². The molecule has 1 aromatic carbocycles. The van der Waals surface area contributed by atoms with E-state index < -0.39 is 0 Å². The summed E-state index contributed by atoms with van der Waals surface area (Å²) in [6.45, 7) is 2.10. The van der Waals surface area contributed by atoms with Gasteiger partial charge in [0.25, 0.3) is 0 Å². The molecular formula is C15H18N2S. The molecule has 2 N–H and O–H groups in total. The molecule has 3 heteroatoms. The Labute approximate surface area is 112 Å².